The zero-order chi connectivity index (χ0) is 20.4. The molecule has 4 rings (SSSR count). The minimum atomic E-state index is 0.270. The maximum atomic E-state index is 2.51. The molecule has 2 aliphatic rings. The Kier molecular flexibility index (Phi) is 6.19. The van der Waals surface area contributed by atoms with Gasteiger partial charge in [-0.3, -0.25) is 0 Å². The molecule has 2 atom stereocenters. The summed E-state index contributed by atoms with van der Waals surface area (Å²) < 4.78 is 0. The second kappa shape index (κ2) is 8.66. The van der Waals surface area contributed by atoms with Crippen molar-refractivity contribution in [2.45, 2.75) is 96.3 Å². The van der Waals surface area contributed by atoms with Crippen molar-refractivity contribution >= 4 is 0 Å². The third-order valence-electron chi connectivity index (χ3n) is 8.20. The van der Waals surface area contributed by atoms with Crippen LogP contribution < -0.4 is 0 Å². The molecule has 0 bridgehead atoms. The Morgan fingerprint density at radius 2 is 1.41 bits per heavy atom. The monoisotopic (exact) mass is 388 g/mol. The third-order valence-corrected chi connectivity index (χ3v) is 8.20. The van der Waals surface area contributed by atoms with E-state index in [1.54, 1.807) is 5.56 Å². The van der Waals surface area contributed by atoms with Gasteiger partial charge in [0.15, 0.2) is 0 Å². The van der Waals surface area contributed by atoms with Crippen LogP contribution >= 0.6 is 0 Å². The largest absolute Gasteiger partial charge is 0.0622 e. The molecule has 2 fully saturated rings. The van der Waals surface area contributed by atoms with Gasteiger partial charge in [-0.25, -0.2) is 0 Å². The lowest BCUT2D eigenvalue weighted by molar-refractivity contribution is 0.405. The van der Waals surface area contributed by atoms with Crippen molar-refractivity contribution < 1.29 is 0 Å². The summed E-state index contributed by atoms with van der Waals surface area (Å²) in [7, 11) is 0. The number of hydrogen-bond donors (Lipinski definition) is 0. The van der Waals surface area contributed by atoms with Gasteiger partial charge in [-0.2, -0.15) is 0 Å². The highest BCUT2D eigenvalue weighted by Crippen LogP contribution is 2.49. The third kappa shape index (κ3) is 4.62. The summed E-state index contributed by atoms with van der Waals surface area (Å²) in [5.41, 5.74) is 6.38. The Labute approximate surface area is 179 Å². The first-order valence-electron chi connectivity index (χ1n) is 12.2. The fraction of sp³-hybridized carbons (Fsp3) is 0.586. The number of hydrogen-bond acceptors (Lipinski definition) is 0. The van der Waals surface area contributed by atoms with Crippen LogP contribution in [-0.4, -0.2) is 0 Å². The van der Waals surface area contributed by atoms with Crippen LogP contribution in [0.3, 0.4) is 0 Å². The first-order valence-corrected chi connectivity index (χ1v) is 12.2. The Hall–Kier alpha value is -1.56. The van der Waals surface area contributed by atoms with Crippen LogP contribution in [0.15, 0.2) is 48.5 Å². The summed E-state index contributed by atoms with van der Waals surface area (Å²) in [5, 5.41) is 0. The second-order valence-corrected chi connectivity index (χ2v) is 10.6. The molecule has 2 aromatic carbocycles. The van der Waals surface area contributed by atoms with Crippen LogP contribution in [0, 0.1) is 11.8 Å². The van der Waals surface area contributed by atoms with Crippen LogP contribution in [0.1, 0.15) is 107 Å². The highest BCUT2D eigenvalue weighted by atomic mass is 14.5. The topological polar surface area (TPSA) is 0 Å². The van der Waals surface area contributed by atoms with E-state index >= 15 is 0 Å². The van der Waals surface area contributed by atoms with E-state index in [0.717, 1.165) is 11.8 Å². The summed E-state index contributed by atoms with van der Waals surface area (Å²) in [6.07, 6.45) is 11.0. The van der Waals surface area contributed by atoms with E-state index < -0.39 is 0 Å². The maximum Gasteiger partial charge on any atom is -0.000671 e. The van der Waals surface area contributed by atoms with Crippen molar-refractivity contribution in [1.29, 1.82) is 0 Å². The molecule has 0 heterocycles. The molecule has 0 aromatic heterocycles. The van der Waals surface area contributed by atoms with Gasteiger partial charge in [0.05, 0.1) is 0 Å². The molecule has 2 aliphatic carbocycles. The summed E-state index contributed by atoms with van der Waals surface area (Å²) in [4.78, 5) is 0. The van der Waals surface area contributed by atoms with Gasteiger partial charge in [-0.1, -0.05) is 95.5 Å². The van der Waals surface area contributed by atoms with Crippen molar-refractivity contribution in [1.82, 2.24) is 0 Å². The molecule has 0 spiro atoms. The number of benzene rings is 2. The van der Waals surface area contributed by atoms with E-state index in [4.69, 9.17) is 0 Å². The molecule has 2 unspecified atom stereocenters. The Balaban J connectivity index is 1.51. The molecule has 0 radical (unpaired) electrons. The highest BCUT2D eigenvalue weighted by Gasteiger charge is 2.42. The minimum Gasteiger partial charge on any atom is -0.0622 e. The van der Waals surface area contributed by atoms with Crippen molar-refractivity contribution in [3.05, 3.63) is 70.8 Å². The van der Waals surface area contributed by atoms with Gasteiger partial charge >= 0.3 is 0 Å². The standard InChI is InChI=1S/C29H40/c1-21(2)22(3)24-14-16-27(17-15-24)29(4,28-18-19-28)20-23-10-12-26(13-11-23)25-8-6-5-7-9-25/h10-17,21-22,25,28H,5-9,18-20H2,1-4H3. The summed E-state index contributed by atoms with van der Waals surface area (Å²) in [5.74, 6) is 2.97. The van der Waals surface area contributed by atoms with Crippen molar-refractivity contribution in [3.63, 3.8) is 0 Å². The molecule has 29 heavy (non-hydrogen) atoms. The molecular weight excluding hydrogens is 348 g/mol. The molecule has 0 N–H and O–H groups in total. The van der Waals surface area contributed by atoms with Gasteiger partial charge in [-0.05, 0) is 83.4 Å². The van der Waals surface area contributed by atoms with Crippen LogP contribution in [-0.2, 0) is 11.8 Å². The predicted molar refractivity (Wildman–Crippen MR) is 126 cm³/mol. The Bertz CT molecular complexity index is 772. The van der Waals surface area contributed by atoms with E-state index in [1.165, 1.54) is 68.1 Å². The molecule has 0 heteroatoms. The first-order chi connectivity index (χ1) is 14.0. The summed E-state index contributed by atoms with van der Waals surface area (Å²) in [6, 6.07) is 19.4. The average Bonchev–Trinajstić information content (AvgIpc) is 3.60. The van der Waals surface area contributed by atoms with Crippen molar-refractivity contribution in [3.8, 4) is 0 Å². The normalized spacial score (nSPS) is 21.1. The van der Waals surface area contributed by atoms with E-state index in [1.807, 2.05) is 0 Å². The van der Waals surface area contributed by atoms with E-state index in [9.17, 15) is 0 Å². The van der Waals surface area contributed by atoms with Gasteiger partial charge < -0.3 is 0 Å². The molecule has 0 amide bonds. The van der Waals surface area contributed by atoms with Crippen LogP contribution in [0.4, 0.5) is 0 Å². The molecule has 0 aliphatic heterocycles. The van der Waals surface area contributed by atoms with Crippen molar-refractivity contribution in [2.24, 2.45) is 11.8 Å². The van der Waals surface area contributed by atoms with Gasteiger partial charge in [0.25, 0.3) is 0 Å². The van der Waals surface area contributed by atoms with Crippen LogP contribution in [0.5, 0.6) is 0 Å². The van der Waals surface area contributed by atoms with Crippen LogP contribution in [0.25, 0.3) is 0 Å². The lowest BCUT2D eigenvalue weighted by Gasteiger charge is -2.32. The molecule has 2 saturated carbocycles. The molecule has 2 aromatic rings. The second-order valence-electron chi connectivity index (χ2n) is 10.6. The fourth-order valence-electron chi connectivity index (χ4n) is 5.52. The van der Waals surface area contributed by atoms with Gasteiger partial charge in [0.2, 0.25) is 0 Å². The Morgan fingerprint density at radius 1 is 0.793 bits per heavy atom. The van der Waals surface area contributed by atoms with Gasteiger partial charge in [-0.15, -0.1) is 0 Å². The minimum absolute atomic E-state index is 0.270. The number of rotatable bonds is 7. The van der Waals surface area contributed by atoms with E-state index in [2.05, 4.69) is 76.2 Å². The smallest absolute Gasteiger partial charge is 0.000671 e. The zero-order valence-corrected chi connectivity index (χ0v) is 19.1. The SMILES string of the molecule is CC(C)C(C)c1ccc(C(C)(Cc2ccc(C3CCCCC3)cc2)C2CC2)cc1. The highest BCUT2D eigenvalue weighted by molar-refractivity contribution is 5.35. The average molecular weight is 389 g/mol. The fourth-order valence-corrected chi connectivity index (χ4v) is 5.52. The van der Waals surface area contributed by atoms with Crippen LogP contribution in [0.2, 0.25) is 0 Å². The molecule has 0 nitrogen and oxygen atoms in total. The predicted octanol–water partition coefficient (Wildman–Crippen LogP) is 8.40. The maximum absolute atomic E-state index is 2.51. The quantitative estimate of drug-likeness (QED) is 0.446. The van der Waals surface area contributed by atoms with E-state index in [0.29, 0.717) is 11.8 Å². The van der Waals surface area contributed by atoms with Crippen molar-refractivity contribution in [2.75, 3.05) is 0 Å². The molecular formula is C29H40. The lowest BCUT2D eigenvalue weighted by atomic mass is 9.72. The molecule has 0 saturated heterocycles. The lowest BCUT2D eigenvalue weighted by Crippen LogP contribution is -2.27. The first kappa shape index (κ1) is 20.7. The molecule has 156 valence electrons. The Morgan fingerprint density at radius 3 is 1.97 bits per heavy atom. The summed E-state index contributed by atoms with van der Waals surface area (Å²) in [6.45, 7) is 9.52. The van der Waals surface area contributed by atoms with Gasteiger partial charge in [0, 0.05) is 0 Å². The van der Waals surface area contributed by atoms with E-state index in [-0.39, 0.29) is 5.41 Å². The van der Waals surface area contributed by atoms with Gasteiger partial charge in [0.1, 0.15) is 0 Å². The summed E-state index contributed by atoms with van der Waals surface area (Å²) >= 11 is 0. The zero-order valence-electron chi connectivity index (χ0n) is 19.1.